The zero-order chi connectivity index (χ0) is 20.8. The van der Waals surface area contributed by atoms with Crippen molar-refractivity contribution in [3.63, 3.8) is 0 Å². The van der Waals surface area contributed by atoms with Crippen LogP contribution < -0.4 is 4.74 Å². The van der Waals surface area contributed by atoms with Crippen LogP contribution in [0.3, 0.4) is 0 Å². The van der Waals surface area contributed by atoms with Crippen molar-refractivity contribution >= 4 is 5.97 Å². The van der Waals surface area contributed by atoms with E-state index < -0.39 is 0 Å². The molecule has 148 valence electrons. The van der Waals surface area contributed by atoms with Crippen molar-refractivity contribution in [2.24, 2.45) is 0 Å². The van der Waals surface area contributed by atoms with E-state index in [9.17, 15) is 4.79 Å². The van der Waals surface area contributed by atoms with Gasteiger partial charge in [0.25, 0.3) is 0 Å². The van der Waals surface area contributed by atoms with E-state index in [1.54, 1.807) is 12.1 Å². The molecule has 0 spiro atoms. The summed E-state index contributed by atoms with van der Waals surface area (Å²) in [5.41, 5.74) is 5.82. The minimum Gasteiger partial charge on any atom is -0.423 e. The Bertz CT molecular complexity index is 1100. The number of esters is 1. The van der Waals surface area contributed by atoms with Crippen molar-refractivity contribution in [2.45, 2.75) is 19.8 Å². The van der Waals surface area contributed by atoms with Crippen LogP contribution in [0.4, 0.5) is 0 Å². The van der Waals surface area contributed by atoms with Crippen molar-refractivity contribution in [1.29, 1.82) is 0 Å². The van der Waals surface area contributed by atoms with E-state index in [2.05, 4.69) is 30.1 Å². The van der Waals surface area contributed by atoms with Crippen molar-refractivity contribution < 1.29 is 9.53 Å². The van der Waals surface area contributed by atoms with Gasteiger partial charge in [-0.05, 0) is 53.4 Å². The first-order chi connectivity index (χ1) is 14.7. The number of aromatic nitrogens is 1. The average molecular weight is 393 g/mol. The second-order valence-corrected chi connectivity index (χ2v) is 7.16. The minimum absolute atomic E-state index is 0.375. The third kappa shape index (κ3) is 4.64. The van der Waals surface area contributed by atoms with Gasteiger partial charge in [0, 0.05) is 11.8 Å². The molecule has 30 heavy (non-hydrogen) atoms. The third-order valence-corrected chi connectivity index (χ3v) is 4.95. The summed E-state index contributed by atoms with van der Waals surface area (Å²) in [5, 5.41) is 0. The van der Waals surface area contributed by atoms with Gasteiger partial charge in [-0.3, -0.25) is 4.98 Å². The van der Waals surface area contributed by atoms with Gasteiger partial charge in [-0.1, -0.05) is 74.0 Å². The zero-order valence-corrected chi connectivity index (χ0v) is 16.9. The third-order valence-electron chi connectivity index (χ3n) is 4.95. The predicted octanol–water partition coefficient (Wildman–Crippen LogP) is 6.59. The molecule has 0 aliphatic carbocycles. The number of nitrogens with zero attached hydrogens (tertiary/aromatic N) is 1. The molecule has 1 aromatic heterocycles. The maximum absolute atomic E-state index is 12.5. The van der Waals surface area contributed by atoms with Crippen LogP contribution in [-0.2, 0) is 6.42 Å². The first-order valence-electron chi connectivity index (χ1n) is 10.2. The lowest BCUT2D eigenvalue weighted by atomic mass is 10.1. The van der Waals surface area contributed by atoms with Gasteiger partial charge < -0.3 is 4.74 Å². The molecule has 0 aliphatic heterocycles. The van der Waals surface area contributed by atoms with Gasteiger partial charge in [0.2, 0.25) is 0 Å². The molecule has 0 saturated heterocycles. The number of carbonyl (C=O) groups is 1. The largest absolute Gasteiger partial charge is 0.423 e. The standard InChI is InChI=1S/C27H23NO2/c1-2-6-20-9-18-26(28-19-20)23-10-12-24(13-11-23)27(29)30-25-16-14-22(15-17-25)21-7-4-3-5-8-21/h3-5,7-19H,2,6H2,1H3. The van der Waals surface area contributed by atoms with Crippen LogP contribution in [0.15, 0.2) is 97.2 Å². The second kappa shape index (κ2) is 9.19. The molecule has 3 nitrogen and oxygen atoms in total. The van der Waals surface area contributed by atoms with Crippen molar-refractivity contribution in [3.05, 3.63) is 108 Å². The SMILES string of the molecule is CCCc1ccc(-c2ccc(C(=O)Oc3ccc(-c4ccccc4)cc3)cc2)nc1. The average Bonchev–Trinajstić information content (AvgIpc) is 2.81. The normalized spacial score (nSPS) is 10.6. The van der Waals surface area contributed by atoms with Crippen LogP contribution in [0.2, 0.25) is 0 Å². The molecule has 0 atom stereocenters. The smallest absolute Gasteiger partial charge is 0.343 e. The first-order valence-corrected chi connectivity index (χ1v) is 10.2. The van der Waals surface area contributed by atoms with E-state index in [4.69, 9.17) is 4.74 Å². The Kier molecular flexibility index (Phi) is 6.00. The number of benzene rings is 3. The molecule has 0 radical (unpaired) electrons. The van der Waals surface area contributed by atoms with Crippen molar-refractivity contribution in [2.75, 3.05) is 0 Å². The maximum atomic E-state index is 12.5. The van der Waals surface area contributed by atoms with Crippen LogP contribution >= 0.6 is 0 Å². The molecule has 0 N–H and O–H groups in total. The summed E-state index contributed by atoms with van der Waals surface area (Å²) >= 11 is 0. The fourth-order valence-corrected chi connectivity index (χ4v) is 3.32. The Morgan fingerprint density at radius 1 is 0.767 bits per heavy atom. The highest BCUT2D eigenvalue weighted by atomic mass is 16.5. The summed E-state index contributed by atoms with van der Waals surface area (Å²) in [7, 11) is 0. The minimum atomic E-state index is -0.375. The van der Waals surface area contributed by atoms with E-state index in [1.807, 2.05) is 66.9 Å². The number of pyridine rings is 1. The van der Waals surface area contributed by atoms with Crippen molar-refractivity contribution in [1.82, 2.24) is 4.98 Å². The van der Waals surface area contributed by atoms with E-state index in [1.165, 1.54) is 5.56 Å². The molecular formula is C27H23NO2. The van der Waals surface area contributed by atoms with Crippen LogP contribution in [0.5, 0.6) is 5.75 Å². The molecule has 0 amide bonds. The lowest BCUT2D eigenvalue weighted by Gasteiger charge is -2.07. The molecule has 1 heterocycles. The quantitative estimate of drug-likeness (QED) is 0.274. The van der Waals surface area contributed by atoms with Crippen LogP contribution in [0.1, 0.15) is 29.3 Å². The van der Waals surface area contributed by atoms with Gasteiger partial charge >= 0.3 is 5.97 Å². The highest BCUT2D eigenvalue weighted by Crippen LogP contribution is 2.23. The molecule has 4 aromatic rings. The van der Waals surface area contributed by atoms with Gasteiger partial charge in [0.05, 0.1) is 11.3 Å². The highest BCUT2D eigenvalue weighted by Gasteiger charge is 2.10. The lowest BCUT2D eigenvalue weighted by molar-refractivity contribution is 0.0735. The fourth-order valence-electron chi connectivity index (χ4n) is 3.32. The molecule has 3 heteroatoms. The Hall–Kier alpha value is -3.72. The maximum Gasteiger partial charge on any atom is 0.343 e. The molecular weight excluding hydrogens is 370 g/mol. The summed E-state index contributed by atoms with van der Waals surface area (Å²) < 4.78 is 5.52. The van der Waals surface area contributed by atoms with Crippen LogP contribution in [0.25, 0.3) is 22.4 Å². The molecule has 0 unspecified atom stereocenters. The lowest BCUT2D eigenvalue weighted by Crippen LogP contribution is -2.08. The number of aryl methyl sites for hydroxylation is 1. The second-order valence-electron chi connectivity index (χ2n) is 7.16. The van der Waals surface area contributed by atoms with Crippen LogP contribution in [0, 0.1) is 0 Å². The van der Waals surface area contributed by atoms with E-state index >= 15 is 0 Å². The predicted molar refractivity (Wildman–Crippen MR) is 121 cm³/mol. The monoisotopic (exact) mass is 393 g/mol. The number of hydrogen-bond acceptors (Lipinski definition) is 3. The van der Waals surface area contributed by atoms with Gasteiger partial charge in [-0.25, -0.2) is 4.79 Å². The Morgan fingerprint density at radius 3 is 2.07 bits per heavy atom. The number of rotatable bonds is 6. The molecule has 0 fully saturated rings. The summed E-state index contributed by atoms with van der Waals surface area (Å²) in [4.78, 5) is 17.0. The van der Waals surface area contributed by atoms with Gasteiger partial charge in [-0.15, -0.1) is 0 Å². The molecule has 0 saturated carbocycles. The fraction of sp³-hybridized carbons (Fsp3) is 0.111. The molecule has 0 aliphatic rings. The highest BCUT2D eigenvalue weighted by molar-refractivity contribution is 5.91. The zero-order valence-electron chi connectivity index (χ0n) is 16.9. The Morgan fingerprint density at radius 2 is 1.43 bits per heavy atom. The summed E-state index contributed by atoms with van der Waals surface area (Å²) in [6, 6.07) is 29.1. The first kappa shape index (κ1) is 19.6. The van der Waals surface area contributed by atoms with Gasteiger partial charge in [0.1, 0.15) is 5.75 Å². The van der Waals surface area contributed by atoms with E-state index in [0.717, 1.165) is 35.2 Å². The summed E-state index contributed by atoms with van der Waals surface area (Å²) in [6.07, 6.45) is 4.05. The van der Waals surface area contributed by atoms with Crippen LogP contribution in [-0.4, -0.2) is 11.0 Å². The van der Waals surface area contributed by atoms with Gasteiger partial charge in [-0.2, -0.15) is 0 Å². The number of carbonyl (C=O) groups excluding carboxylic acids is 1. The summed E-state index contributed by atoms with van der Waals surface area (Å²) in [6.45, 7) is 2.16. The molecule has 0 bridgehead atoms. The Labute approximate surface area is 177 Å². The van der Waals surface area contributed by atoms with E-state index in [0.29, 0.717) is 11.3 Å². The summed E-state index contributed by atoms with van der Waals surface area (Å²) in [5.74, 6) is 0.150. The number of hydrogen-bond donors (Lipinski definition) is 0. The Balaban J connectivity index is 1.42. The molecule has 4 rings (SSSR count). The van der Waals surface area contributed by atoms with Gasteiger partial charge in [0.15, 0.2) is 0 Å². The topological polar surface area (TPSA) is 39.2 Å². The van der Waals surface area contributed by atoms with Crippen molar-refractivity contribution in [3.8, 4) is 28.1 Å². The number of ether oxygens (including phenoxy) is 1. The molecule has 3 aromatic carbocycles. The van der Waals surface area contributed by atoms with E-state index in [-0.39, 0.29) is 5.97 Å².